The van der Waals surface area contributed by atoms with Gasteiger partial charge < -0.3 is 9.84 Å². The van der Waals surface area contributed by atoms with Gasteiger partial charge in [-0.25, -0.2) is 4.98 Å². The van der Waals surface area contributed by atoms with Crippen LogP contribution in [0, 0.1) is 0 Å². The highest BCUT2D eigenvalue weighted by Crippen LogP contribution is 2.30. The highest BCUT2D eigenvalue weighted by molar-refractivity contribution is 5.80. The van der Waals surface area contributed by atoms with E-state index in [4.69, 9.17) is 14.7 Å². The smallest absolute Gasteiger partial charge is 0.220 e. The van der Waals surface area contributed by atoms with Crippen LogP contribution in [0.25, 0.3) is 22.5 Å². The molecule has 0 radical (unpaired) electrons. The zero-order chi connectivity index (χ0) is 27.7. The van der Waals surface area contributed by atoms with Gasteiger partial charge in [0, 0.05) is 24.0 Å². The number of hydrogen-bond donors (Lipinski definition) is 2. The van der Waals surface area contributed by atoms with Crippen molar-refractivity contribution in [2.24, 2.45) is 0 Å². The number of nitrogens with zero attached hydrogens (tertiary/aromatic N) is 5. The summed E-state index contributed by atoms with van der Waals surface area (Å²) >= 11 is 0. The molecule has 0 aliphatic heterocycles. The molecule has 2 heterocycles. The normalized spacial score (nSPS) is 11.1. The standard InChI is InChI=1S/C32H34N6O2/c1-3-8-29-28(19-23-10-7-11-24(18-23)20-39)32(34-30(33-29)9-4-2)40-21-22-14-16-25(17-15-22)26-12-5-6-13-27(26)31-35-37-38-36-31/h5-7,10-18,39H,3-4,8-9,19-21H2,1-2H3,(H,35,36,37,38). The van der Waals surface area contributed by atoms with Gasteiger partial charge in [0.25, 0.3) is 0 Å². The summed E-state index contributed by atoms with van der Waals surface area (Å²) in [5.74, 6) is 2.03. The van der Waals surface area contributed by atoms with Gasteiger partial charge in [-0.3, -0.25) is 0 Å². The summed E-state index contributed by atoms with van der Waals surface area (Å²) in [5.41, 5.74) is 8.11. The van der Waals surface area contributed by atoms with Gasteiger partial charge in [-0.15, -0.1) is 10.2 Å². The summed E-state index contributed by atoms with van der Waals surface area (Å²) in [7, 11) is 0. The SMILES string of the molecule is CCCc1nc(CCC)c(Cc2cccc(CO)c2)c(OCc2ccc(-c3ccccc3-c3nn[nH]n3)cc2)n1. The van der Waals surface area contributed by atoms with Crippen LogP contribution in [0.15, 0.2) is 72.8 Å². The predicted molar refractivity (Wildman–Crippen MR) is 155 cm³/mol. The van der Waals surface area contributed by atoms with Crippen LogP contribution in [0.5, 0.6) is 5.88 Å². The first-order chi connectivity index (χ1) is 19.7. The Kier molecular flexibility index (Phi) is 8.88. The highest BCUT2D eigenvalue weighted by Gasteiger charge is 2.17. The number of ether oxygens (including phenoxy) is 1. The summed E-state index contributed by atoms with van der Waals surface area (Å²) in [4.78, 5) is 9.78. The molecular weight excluding hydrogens is 500 g/mol. The van der Waals surface area contributed by atoms with E-state index in [0.29, 0.717) is 24.7 Å². The predicted octanol–water partition coefficient (Wildman–Crippen LogP) is 5.89. The van der Waals surface area contributed by atoms with Crippen LogP contribution in [0.2, 0.25) is 0 Å². The minimum atomic E-state index is 0.0144. The number of nitrogens with one attached hydrogen (secondary N) is 1. The molecular formula is C32H34N6O2. The molecule has 40 heavy (non-hydrogen) atoms. The number of rotatable bonds is 12. The first kappa shape index (κ1) is 27.1. The Labute approximate surface area is 234 Å². The van der Waals surface area contributed by atoms with Crippen LogP contribution >= 0.6 is 0 Å². The molecule has 8 nitrogen and oxygen atoms in total. The van der Waals surface area contributed by atoms with Crippen molar-refractivity contribution < 1.29 is 9.84 Å². The number of aromatic nitrogens is 6. The van der Waals surface area contributed by atoms with Gasteiger partial charge >= 0.3 is 0 Å². The molecule has 0 aliphatic rings. The van der Waals surface area contributed by atoms with Gasteiger partial charge in [-0.2, -0.15) is 10.2 Å². The molecule has 204 valence electrons. The van der Waals surface area contributed by atoms with Crippen molar-refractivity contribution in [2.75, 3.05) is 0 Å². The highest BCUT2D eigenvalue weighted by atomic mass is 16.5. The van der Waals surface area contributed by atoms with E-state index in [2.05, 4.69) is 70.9 Å². The van der Waals surface area contributed by atoms with E-state index in [1.807, 2.05) is 36.4 Å². The summed E-state index contributed by atoms with van der Waals surface area (Å²) in [6, 6.07) is 24.4. The Bertz CT molecular complexity index is 1530. The zero-order valence-corrected chi connectivity index (χ0v) is 23.0. The van der Waals surface area contributed by atoms with Crippen molar-refractivity contribution in [3.05, 3.63) is 107 Å². The second-order valence-electron chi connectivity index (χ2n) is 9.79. The van der Waals surface area contributed by atoms with E-state index < -0.39 is 0 Å². The van der Waals surface area contributed by atoms with Gasteiger partial charge in [-0.05, 0) is 45.9 Å². The fourth-order valence-electron chi connectivity index (χ4n) is 4.81. The zero-order valence-electron chi connectivity index (χ0n) is 23.0. The molecule has 0 atom stereocenters. The van der Waals surface area contributed by atoms with E-state index in [1.165, 1.54) is 0 Å². The molecule has 0 amide bonds. The lowest BCUT2D eigenvalue weighted by atomic mass is 9.98. The van der Waals surface area contributed by atoms with E-state index in [1.54, 1.807) is 0 Å². The second kappa shape index (κ2) is 13.1. The lowest BCUT2D eigenvalue weighted by Gasteiger charge is -2.16. The summed E-state index contributed by atoms with van der Waals surface area (Å²) in [5, 5.41) is 24.2. The molecule has 5 rings (SSSR count). The molecule has 2 aromatic heterocycles. The average molecular weight is 535 g/mol. The topological polar surface area (TPSA) is 110 Å². The molecule has 0 spiro atoms. The van der Waals surface area contributed by atoms with Crippen LogP contribution in [0.1, 0.15) is 60.5 Å². The van der Waals surface area contributed by atoms with Crippen molar-refractivity contribution in [2.45, 2.75) is 59.2 Å². The summed E-state index contributed by atoms with van der Waals surface area (Å²) in [6.07, 6.45) is 4.27. The van der Waals surface area contributed by atoms with Gasteiger partial charge in [0.2, 0.25) is 11.7 Å². The number of aliphatic hydroxyl groups is 1. The van der Waals surface area contributed by atoms with Crippen molar-refractivity contribution in [3.63, 3.8) is 0 Å². The van der Waals surface area contributed by atoms with Crippen molar-refractivity contribution in [1.29, 1.82) is 0 Å². The maximum absolute atomic E-state index is 9.62. The van der Waals surface area contributed by atoms with Crippen LogP contribution in [0.3, 0.4) is 0 Å². The number of aromatic amines is 1. The van der Waals surface area contributed by atoms with Crippen molar-refractivity contribution in [3.8, 4) is 28.4 Å². The number of H-pyrrole nitrogens is 1. The lowest BCUT2D eigenvalue weighted by Crippen LogP contribution is -2.10. The monoisotopic (exact) mass is 534 g/mol. The summed E-state index contributed by atoms with van der Waals surface area (Å²) < 4.78 is 6.42. The number of aryl methyl sites for hydroxylation is 2. The Hall–Kier alpha value is -4.43. The van der Waals surface area contributed by atoms with Crippen LogP contribution in [-0.2, 0) is 32.5 Å². The van der Waals surface area contributed by atoms with E-state index >= 15 is 0 Å². The average Bonchev–Trinajstić information content (AvgIpc) is 3.53. The van der Waals surface area contributed by atoms with E-state index in [0.717, 1.165) is 76.1 Å². The Morgan fingerprint density at radius 2 is 1.57 bits per heavy atom. The van der Waals surface area contributed by atoms with E-state index in [-0.39, 0.29) is 6.61 Å². The number of benzene rings is 3. The minimum Gasteiger partial charge on any atom is -0.472 e. The lowest BCUT2D eigenvalue weighted by molar-refractivity contribution is 0.281. The first-order valence-corrected chi connectivity index (χ1v) is 13.8. The second-order valence-corrected chi connectivity index (χ2v) is 9.79. The Balaban J connectivity index is 1.41. The Morgan fingerprint density at radius 3 is 2.30 bits per heavy atom. The molecule has 3 aromatic carbocycles. The molecule has 0 fully saturated rings. The number of hydrogen-bond acceptors (Lipinski definition) is 7. The number of tetrazole rings is 1. The van der Waals surface area contributed by atoms with Crippen LogP contribution in [-0.4, -0.2) is 35.7 Å². The van der Waals surface area contributed by atoms with Gasteiger partial charge in [0.15, 0.2) is 0 Å². The van der Waals surface area contributed by atoms with E-state index in [9.17, 15) is 5.11 Å². The molecule has 0 bridgehead atoms. The third-order valence-electron chi connectivity index (χ3n) is 6.77. The third-order valence-corrected chi connectivity index (χ3v) is 6.77. The molecule has 0 aliphatic carbocycles. The molecule has 8 heteroatoms. The fourth-order valence-corrected chi connectivity index (χ4v) is 4.81. The molecule has 0 saturated heterocycles. The molecule has 5 aromatic rings. The molecule has 0 unspecified atom stereocenters. The first-order valence-electron chi connectivity index (χ1n) is 13.8. The van der Waals surface area contributed by atoms with Gasteiger partial charge in [-0.1, -0.05) is 93.1 Å². The van der Waals surface area contributed by atoms with Crippen LogP contribution in [0.4, 0.5) is 0 Å². The number of aliphatic hydroxyl groups excluding tert-OH is 1. The minimum absolute atomic E-state index is 0.0144. The quantitative estimate of drug-likeness (QED) is 0.205. The largest absolute Gasteiger partial charge is 0.472 e. The van der Waals surface area contributed by atoms with Gasteiger partial charge in [0.05, 0.1) is 12.3 Å². The maximum Gasteiger partial charge on any atom is 0.220 e. The van der Waals surface area contributed by atoms with Crippen molar-refractivity contribution >= 4 is 0 Å². The van der Waals surface area contributed by atoms with Crippen LogP contribution < -0.4 is 4.74 Å². The molecule has 2 N–H and O–H groups in total. The fraction of sp³-hybridized carbons (Fsp3) is 0.281. The van der Waals surface area contributed by atoms with Crippen molar-refractivity contribution in [1.82, 2.24) is 30.6 Å². The maximum atomic E-state index is 9.62. The molecule has 0 saturated carbocycles. The summed E-state index contributed by atoms with van der Waals surface area (Å²) in [6.45, 7) is 4.71. The Morgan fingerprint density at radius 1 is 0.800 bits per heavy atom. The van der Waals surface area contributed by atoms with Gasteiger partial charge in [0.1, 0.15) is 12.4 Å². The third kappa shape index (κ3) is 6.40.